The van der Waals surface area contributed by atoms with Crippen molar-refractivity contribution in [2.24, 2.45) is 0 Å². The van der Waals surface area contributed by atoms with E-state index in [1.54, 1.807) is 6.07 Å². The molecule has 4 rings (SSSR count). The number of piperazine rings is 1. The number of fused-ring (bicyclic) bond motifs is 1. The fourth-order valence-electron chi connectivity index (χ4n) is 3.32. The van der Waals surface area contributed by atoms with Crippen LogP contribution in [0.1, 0.15) is 5.56 Å². The molecule has 1 aromatic carbocycles. The van der Waals surface area contributed by atoms with Crippen LogP contribution >= 0.6 is 15.9 Å². The van der Waals surface area contributed by atoms with Crippen molar-refractivity contribution in [3.8, 4) is 5.95 Å². The predicted molar refractivity (Wildman–Crippen MR) is 104 cm³/mol. The summed E-state index contributed by atoms with van der Waals surface area (Å²) < 4.78 is 10.9. The molecule has 1 saturated heterocycles. The fourth-order valence-corrected chi connectivity index (χ4v) is 4.01. The highest BCUT2D eigenvalue weighted by Gasteiger charge is 2.21. The number of halogens is 1. The van der Waals surface area contributed by atoms with Crippen molar-refractivity contribution in [3.63, 3.8) is 0 Å². The highest BCUT2D eigenvalue weighted by Crippen LogP contribution is 2.38. The Bertz CT molecular complexity index is 952. The van der Waals surface area contributed by atoms with Crippen LogP contribution in [0, 0.1) is 0 Å². The minimum Gasteiger partial charge on any atom is -0.449 e. The van der Waals surface area contributed by atoms with Gasteiger partial charge >= 0.3 is 6.16 Å². The number of carbonyl (C=O) groups is 1. The van der Waals surface area contributed by atoms with Crippen molar-refractivity contribution < 1.29 is 19.1 Å². The molecule has 0 radical (unpaired) electrons. The molecule has 0 amide bonds. The van der Waals surface area contributed by atoms with Crippen molar-refractivity contribution >= 4 is 38.7 Å². The number of aromatic nitrogens is 1. The number of benzene rings is 1. The first-order valence-corrected chi connectivity index (χ1v) is 9.38. The summed E-state index contributed by atoms with van der Waals surface area (Å²) in [5.41, 5.74) is 2.91. The second-order valence-electron chi connectivity index (χ2n) is 6.36. The molecule has 0 spiro atoms. The lowest BCUT2D eigenvalue weighted by molar-refractivity contribution is 0.134. The third-order valence-corrected chi connectivity index (χ3v) is 5.48. The molecule has 2 aromatic heterocycles. The molecule has 0 saturated carbocycles. The largest absolute Gasteiger partial charge is 0.513 e. The van der Waals surface area contributed by atoms with Gasteiger partial charge in [0, 0.05) is 56.6 Å². The second-order valence-corrected chi connectivity index (χ2v) is 7.16. The van der Waals surface area contributed by atoms with Gasteiger partial charge < -0.3 is 19.2 Å². The molecule has 7 nitrogen and oxygen atoms in total. The summed E-state index contributed by atoms with van der Waals surface area (Å²) >= 11 is 3.64. The summed E-state index contributed by atoms with van der Waals surface area (Å²) in [5.74, 6) is -0.0301. The molecule has 1 N–H and O–H groups in total. The maximum atomic E-state index is 10.7. The summed E-state index contributed by atoms with van der Waals surface area (Å²) in [7, 11) is 0. The maximum absolute atomic E-state index is 10.7. The van der Waals surface area contributed by atoms with Crippen LogP contribution in [0.4, 0.5) is 10.5 Å². The predicted octanol–water partition coefficient (Wildman–Crippen LogP) is 3.97. The van der Waals surface area contributed by atoms with Crippen molar-refractivity contribution in [3.05, 3.63) is 52.8 Å². The zero-order valence-corrected chi connectivity index (χ0v) is 16.1. The molecular weight excluding hydrogens is 414 g/mol. The van der Waals surface area contributed by atoms with Gasteiger partial charge in [0.15, 0.2) is 0 Å². The minimum absolute atomic E-state index is 0.0301. The Kier molecular flexibility index (Phi) is 5.00. The van der Waals surface area contributed by atoms with Crippen LogP contribution in [-0.2, 0) is 6.54 Å². The third-order valence-electron chi connectivity index (χ3n) is 4.65. The second kappa shape index (κ2) is 7.58. The summed E-state index contributed by atoms with van der Waals surface area (Å²) in [6.07, 6.45) is 2.26. The van der Waals surface area contributed by atoms with Crippen LogP contribution in [0.2, 0.25) is 0 Å². The molecule has 1 aliphatic rings. The molecule has 0 aliphatic carbocycles. The monoisotopic (exact) mass is 431 g/mol. The molecule has 140 valence electrons. The lowest BCUT2D eigenvalue weighted by Gasteiger charge is -2.36. The smallest absolute Gasteiger partial charge is 0.449 e. The van der Waals surface area contributed by atoms with E-state index in [1.165, 1.54) is 5.56 Å². The van der Waals surface area contributed by atoms with E-state index >= 15 is 0 Å². The number of pyridine rings is 1. The third kappa shape index (κ3) is 3.91. The lowest BCUT2D eigenvalue weighted by Crippen LogP contribution is -2.46. The molecule has 0 bridgehead atoms. The van der Waals surface area contributed by atoms with Crippen molar-refractivity contribution in [1.29, 1.82) is 0 Å². The first kappa shape index (κ1) is 17.8. The van der Waals surface area contributed by atoms with Gasteiger partial charge in [0.05, 0.1) is 10.2 Å². The van der Waals surface area contributed by atoms with Gasteiger partial charge in [-0.2, -0.15) is 0 Å². The average molecular weight is 432 g/mol. The molecule has 3 aromatic rings. The standard InChI is InChI=1S/C19H18BrN3O4/c20-18-14-11-17(27-19(24)25)26-16(14)2-1-15(18)23-9-7-22(8-10-23)12-13-3-5-21-6-4-13/h1-6,11H,7-10,12H2,(H,24,25). The Morgan fingerprint density at radius 1 is 1.19 bits per heavy atom. The van der Waals surface area contributed by atoms with Crippen molar-refractivity contribution in [2.75, 3.05) is 31.1 Å². The topological polar surface area (TPSA) is 79.0 Å². The highest BCUT2D eigenvalue weighted by atomic mass is 79.9. The normalized spacial score (nSPS) is 15.2. The van der Waals surface area contributed by atoms with Gasteiger partial charge in [-0.3, -0.25) is 9.88 Å². The van der Waals surface area contributed by atoms with E-state index in [9.17, 15) is 4.79 Å². The zero-order chi connectivity index (χ0) is 18.8. The van der Waals surface area contributed by atoms with Gasteiger partial charge in [0.1, 0.15) is 5.58 Å². The summed E-state index contributed by atoms with van der Waals surface area (Å²) in [5, 5.41) is 9.53. The number of nitrogens with zero attached hydrogens (tertiary/aromatic N) is 3. The number of hydrogen-bond acceptors (Lipinski definition) is 6. The van der Waals surface area contributed by atoms with Gasteiger partial charge in [0.25, 0.3) is 5.95 Å². The Morgan fingerprint density at radius 3 is 2.63 bits per heavy atom. The number of ether oxygens (including phenoxy) is 1. The first-order chi connectivity index (χ1) is 13.1. The number of hydrogen-bond donors (Lipinski definition) is 1. The summed E-state index contributed by atoms with van der Waals surface area (Å²) in [4.78, 5) is 19.5. The Balaban J connectivity index is 1.47. The summed E-state index contributed by atoms with van der Waals surface area (Å²) in [6.45, 7) is 4.67. The van der Waals surface area contributed by atoms with E-state index in [1.807, 2.05) is 36.7 Å². The average Bonchev–Trinajstić information content (AvgIpc) is 3.06. The van der Waals surface area contributed by atoms with Crippen LogP contribution < -0.4 is 9.64 Å². The quantitative estimate of drug-likeness (QED) is 0.625. The number of rotatable bonds is 4. The lowest BCUT2D eigenvalue weighted by atomic mass is 10.2. The number of carboxylic acid groups (broad SMARTS) is 1. The van der Waals surface area contributed by atoms with Gasteiger partial charge in [-0.25, -0.2) is 4.79 Å². The Morgan fingerprint density at radius 2 is 1.93 bits per heavy atom. The van der Waals surface area contributed by atoms with Crippen LogP contribution in [0.3, 0.4) is 0 Å². The van der Waals surface area contributed by atoms with Crippen LogP contribution in [0.25, 0.3) is 11.0 Å². The number of furan rings is 1. The fraction of sp³-hybridized carbons (Fsp3) is 0.263. The van der Waals surface area contributed by atoms with E-state index in [4.69, 9.17) is 9.52 Å². The Hall–Kier alpha value is -2.58. The zero-order valence-electron chi connectivity index (χ0n) is 14.5. The van der Waals surface area contributed by atoms with Gasteiger partial charge in [-0.15, -0.1) is 0 Å². The molecule has 8 heteroatoms. The maximum Gasteiger partial charge on any atom is 0.513 e. The molecule has 0 atom stereocenters. The van der Waals surface area contributed by atoms with Gasteiger partial charge in [-0.1, -0.05) is 0 Å². The molecule has 1 fully saturated rings. The number of anilines is 1. The van der Waals surface area contributed by atoms with Crippen molar-refractivity contribution in [2.45, 2.75) is 6.54 Å². The van der Waals surface area contributed by atoms with Crippen molar-refractivity contribution in [1.82, 2.24) is 9.88 Å². The molecule has 27 heavy (non-hydrogen) atoms. The first-order valence-electron chi connectivity index (χ1n) is 8.59. The van der Waals surface area contributed by atoms with Gasteiger partial charge in [0.2, 0.25) is 0 Å². The minimum atomic E-state index is -1.39. The molecule has 0 unspecified atom stereocenters. The van der Waals surface area contributed by atoms with E-state index in [0.29, 0.717) is 5.58 Å². The van der Waals surface area contributed by atoms with E-state index in [0.717, 1.165) is 48.3 Å². The molecule has 3 heterocycles. The Labute approximate surface area is 164 Å². The van der Waals surface area contributed by atoms with Gasteiger partial charge in [-0.05, 0) is 45.8 Å². The van der Waals surface area contributed by atoms with E-state index in [-0.39, 0.29) is 5.95 Å². The van der Waals surface area contributed by atoms with Crippen LogP contribution in [0.5, 0.6) is 5.95 Å². The van der Waals surface area contributed by atoms with E-state index in [2.05, 4.69) is 35.5 Å². The SMILES string of the molecule is O=C(O)Oc1cc2c(Br)c(N3CCN(Cc4ccncc4)CC3)ccc2o1. The molecule has 1 aliphatic heterocycles. The highest BCUT2D eigenvalue weighted by molar-refractivity contribution is 9.10. The van der Waals surface area contributed by atoms with Crippen LogP contribution in [0.15, 0.2) is 51.6 Å². The molecular formula is C19H18BrN3O4. The van der Waals surface area contributed by atoms with E-state index < -0.39 is 6.16 Å². The van der Waals surface area contributed by atoms with Crippen LogP contribution in [-0.4, -0.2) is 47.3 Å². The summed E-state index contributed by atoms with van der Waals surface area (Å²) in [6, 6.07) is 9.52.